The molecule has 0 radical (unpaired) electrons. The van der Waals surface area contributed by atoms with Gasteiger partial charge in [-0.1, -0.05) is 11.6 Å². The van der Waals surface area contributed by atoms with E-state index in [1.54, 1.807) is 34.8 Å². The van der Waals surface area contributed by atoms with Gasteiger partial charge in [0.15, 0.2) is 0 Å². The molecule has 2 aromatic rings. The van der Waals surface area contributed by atoms with Gasteiger partial charge in [-0.25, -0.2) is 0 Å². The summed E-state index contributed by atoms with van der Waals surface area (Å²) in [4.78, 5) is 27.0. The molecule has 1 aliphatic rings. The number of carbonyl (C=O) groups is 2. The Balaban J connectivity index is 1.89. The maximum Gasteiger partial charge on any atom is 0.259 e. The highest BCUT2D eigenvalue weighted by atomic mass is 35.5. The van der Waals surface area contributed by atoms with Gasteiger partial charge in [0, 0.05) is 30.9 Å². The Morgan fingerprint density at radius 1 is 1.21 bits per heavy atom. The third-order valence-electron chi connectivity index (χ3n) is 4.33. The fourth-order valence-corrected chi connectivity index (χ4v) is 2.98. The first kappa shape index (κ1) is 16.5. The van der Waals surface area contributed by atoms with Gasteiger partial charge in [0.25, 0.3) is 11.8 Å². The number of benzene rings is 1. The minimum absolute atomic E-state index is 0.104. The second kappa shape index (κ2) is 6.65. The first-order chi connectivity index (χ1) is 11.5. The Hall–Kier alpha value is -2.34. The Kier molecular flexibility index (Phi) is 4.57. The van der Waals surface area contributed by atoms with Crippen LogP contribution in [-0.2, 0) is 7.05 Å². The van der Waals surface area contributed by atoms with Crippen LogP contribution in [0.5, 0.6) is 0 Å². The van der Waals surface area contributed by atoms with E-state index in [0.717, 1.165) is 31.6 Å². The van der Waals surface area contributed by atoms with Crippen LogP contribution in [0.3, 0.4) is 0 Å². The van der Waals surface area contributed by atoms with Crippen LogP contribution < -0.4 is 5.32 Å². The van der Waals surface area contributed by atoms with E-state index in [1.165, 1.54) is 6.20 Å². The predicted molar refractivity (Wildman–Crippen MR) is 92.5 cm³/mol. The lowest BCUT2D eigenvalue weighted by Gasteiger charge is -2.18. The van der Waals surface area contributed by atoms with E-state index in [1.807, 2.05) is 6.92 Å². The summed E-state index contributed by atoms with van der Waals surface area (Å²) < 4.78 is 1.63. The zero-order valence-corrected chi connectivity index (χ0v) is 14.4. The summed E-state index contributed by atoms with van der Waals surface area (Å²) in [5.74, 6) is -0.397. The van der Waals surface area contributed by atoms with Crippen LogP contribution in [-0.4, -0.2) is 39.6 Å². The SMILES string of the molecule is Cc1c(C(=O)Nc2ccc(Cl)cc2C(=O)N2CCCC2)cnn1C. The van der Waals surface area contributed by atoms with Crippen LogP contribution in [0.1, 0.15) is 39.3 Å². The number of halogens is 1. The summed E-state index contributed by atoms with van der Waals surface area (Å²) in [6, 6.07) is 4.93. The number of anilines is 1. The number of aryl methyl sites for hydroxylation is 1. The second-order valence-corrected chi connectivity index (χ2v) is 6.35. The summed E-state index contributed by atoms with van der Waals surface area (Å²) in [6.07, 6.45) is 3.52. The van der Waals surface area contributed by atoms with Crippen molar-refractivity contribution < 1.29 is 9.59 Å². The molecule has 1 saturated heterocycles. The standard InChI is InChI=1S/C17H19ClN4O2/c1-11-14(10-19-21(11)2)16(23)20-15-6-5-12(18)9-13(15)17(24)22-7-3-4-8-22/h5-6,9-10H,3-4,7-8H2,1-2H3,(H,20,23). The number of nitrogens with one attached hydrogen (secondary N) is 1. The first-order valence-electron chi connectivity index (χ1n) is 7.86. The first-order valence-corrected chi connectivity index (χ1v) is 8.24. The second-order valence-electron chi connectivity index (χ2n) is 5.91. The van der Waals surface area contributed by atoms with Crippen molar-refractivity contribution in [2.24, 2.45) is 7.05 Å². The summed E-state index contributed by atoms with van der Waals surface area (Å²) in [5, 5.41) is 7.35. The van der Waals surface area contributed by atoms with Gasteiger partial charge in [0.1, 0.15) is 0 Å². The number of carbonyl (C=O) groups excluding carboxylic acids is 2. The van der Waals surface area contributed by atoms with Gasteiger partial charge in [-0.15, -0.1) is 0 Å². The van der Waals surface area contributed by atoms with E-state index in [9.17, 15) is 9.59 Å². The monoisotopic (exact) mass is 346 g/mol. The van der Waals surface area contributed by atoms with Crippen LogP contribution in [0.2, 0.25) is 5.02 Å². The zero-order chi connectivity index (χ0) is 17.3. The molecule has 6 nitrogen and oxygen atoms in total. The summed E-state index contributed by atoms with van der Waals surface area (Å²) in [7, 11) is 1.77. The predicted octanol–water partition coefficient (Wildman–Crippen LogP) is 2.87. The number of nitrogens with zero attached hydrogens (tertiary/aromatic N) is 3. The summed E-state index contributed by atoms with van der Waals surface area (Å²) >= 11 is 6.05. The highest BCUT2D eigenvalue weighted by Crippen LogP contribution is 2.25. The minimum atomic E-state index is -0.293. The van der Waals surface area contributed by atoms with Crippen molar-refractivity contribution in [3.8, 4) is 0 Å². The average Bonchev–Trinajstić information content (AvgIpc) is 3.20. The topological polar surface area (TPSA) is 67.2 Å². The van der Waals surface area contributed by atoms with Crippen molar-refractivity contribution >= 4 is 29.1 Å². The summed E-state index contributed by atoms with van der Waals surface area (Å²) in [5.41, 5.74) is 2.12. The zero-order valence-electron chi connectivity index (χ0n) is 13.7. The Bertz CT molecular complexity index is 794. The molecular formula is C17H19ClN4O2. The van der Waals surface area contributed by atoms with Gasteiger partial charge in [0.05, 0.1) is 23.0 Å². The number of likely N-dealkylation sites (tertiary alicyclic amines) is 1. The number of aromatic nitrogens is 2. The highest BCUT2D eigenvalue weighted by Gasteiger charge is 2.23. The molecule has 24 heavy (non-hydrogen) atoms. The fourth-order valence-electron chi connectivity index (χ4n) is 2.80. The van der Waals surface area contributed by atoms with Crippen molar-refractivity contribution in [3.63, 3.8) is 0 Å². The van der Waals surface area contributed by atoms with E-state index < -0.39 is 0 Å². The lowest BCUT2D eigenvalue weighted by atomic mass is 10.1. The van der Waals surface area contributed by atoms with Crippen LogP contribution in [0, 0.1) is 6.92 Å². The molecule has 0 aliphatic carbocycles. The largest absolute Gasteiger partial charge is 0.339 e. The van der Waals surface area contributed by atoms with Crippen LogP contribution in [0.25, 0.3) is 0 Å². The van der Waals surface area contributed by atoms with Crippen LogP contribution in [0.4, 0.5) is 5.69 Å². The van der Waals surface area contributed by atoms with Crippen molar-refractivity contribution in [1.29, 1.82) is 0 Å². The normalized spacial score (nSPS) is 14.0. The van der Waals surface area contributed by atoms with Gasteiger partial charge < -0.3 is 10.2 Å². The number of hydrogen-bond acceptors (Lipinski definition) is 3. The Labute approximate surface area is 145 Å². The molecule has 7 heteroatoms. The van der Waals surface area contributed by atoms with Crippen molar-refractivity contribution in [3.05, 3.63) is 46.2 Å². The smallest absolute Gasteiger partial charge is 0.259 e. The number of amides is 2. The van der Waals surface area contributed by atoms with Gasteiger partial charge in [-0.3, -0.25) is 14.3 Å². The lowest BCUT2D eigenvalue weighted by Crippen LogP contribution is -2.29. The molecule has 1 fully saturated rings. The third kappa shape index (κ3) is 3.14. The molecule has 2 amide bonds. The molecule has 1 aromatic carbocycles. The van der Waals surface area contributed by atoms with E-state index in [0.29, 0.717) is 21.8 Å². The molecule has 0 saturated carbocycles. The third-order valence-corrected chi connectivity index (χ3v) is 4.57. The molecule has 1 N–H and O–H groups in total. The van der Waals surface area contributed by atoms with Crippen molar-refractivity contribution in [2.75, 3.05) is 18.4 Å². The van der Waals surface area contributed by atoms with E-state index >= 15 is 0 Å². The molecule has 0 unspecified atom stereocenters. The molecule has 1 aromatic heterocycles. The molecule has 3 rings (SSSR count). The molecule has 1 aliphatic heterocycles. The van der Waals surface area contributed by atoms with E-state index in [4.69, 9.17) is 11.6 Å². The van der Waals surface area contributed by atoms with Crippen molar-refractivity contribution in [1.82, 2.24) is 14.7 Å². The van der Waals surface area contributed by atoms with Gasteiger partial charge in [0.2, 0.25) is 0 Å². The number of rotatable bonds is 3. The maximum atomic E-state index is 12.7. The van der Waals surface area contributed by atoms with Crippen molar-refractivity contribution in [2.45, 2.75) is 19.8 Å². The molecular weight excluding hydrogens is 328 g/mol. The van der Waals surface area contributed by atoms with E-state index in [2.05, 4.69) is 10.4 Å². The Morgan fingerprint density at radius 3 is 2.54 bits per heavy atom. The minimum Gasteiger partial charge on any atom is -0.339 e. The van der Waals surface area contributed by atoms with Gasteiger partial charge in [-0.05, 0) is 38.0 Å². The molecule has 0 bridgehead atoms. The maximum absolute atomic E-state index is 12.7. The van der Waals surface area contributed by atoms with Crippen LogP contribution in [0.15, 0.2) is 24.4 Å². The summed E-state index contributed by atoms with van der Waals surface area (Å²) in [6.45, 7) is 3.29. The average molecular weight is 347 g/mol. The van der Waals surface area contributed by atoms with Crippen LogP contribution >= 0.6 is 11.6 Å². The molecule has 0 spiro atoms. The quantitative estimate of drug-likeness (QED) is 0.929. The number of hydrogen-bond donors (Lipinski definition) is 1. The Morgan fingerprint density at radius 2 is 1.92 bits per heavy atom. The van der Waals surface area contributed by atoms with Gasteiger partial charge in [-0.2, -0.15) is 5.10 Å². The molecule has 0 atom stereocenters. The molecule has 2 heterocycles. The lowest BCUT2D eigenvalue weighted by molar-refractivity contribution is 0.0794. The molecule has 126 valence electrons. The highest BCUT2D eigenvalue weighted by molar-refractivity contribution is 6.31. The fraction of sp³-hybridized carbons (Fsp3) is 0.353. The van der Waals surface area contributed by atoms with Gasteiger partial charge >= 0.3 is 0 Å². The van der Waals surface area contributed by atoms with E-state index in [-0.39, 0.29) is 11.8 Å².